The molecule has 1 saturated carbocycles. The van der Waals surface area contributed by atoms with E-state index in [1.165, 1.54) is 36.8 Å². The van der Waals surface area contributed by atoms with Gasteiger partial charge < -0.3 is 4.74 Å². The predicted octanol–water partition coefficient (Wildman–Crippen LogP) is 5.53. The van der Waals surface area contributed by atoms with Crippen molar-refractivity contribution in [3.8, 4) is 0 Å². The fraction of sp³-hybridized carbons (Fsp3) is 0.500. The van der Waals surface area contributed by atoms with Crippen LogP contribution in [0.25, 0.3) is 6.08 Å². The Bertz CT molecular complexity index is 538. The first-order valence-electron chi connectivity index (χ1n) is 8.47. The summed E-state index contributed by atoms with van der Waals surface area (Å²) in [5.74, 6) is 0. The Morgan fingerprint density at radius 2 is 1.95 bits per heavy atom. The van der Waals surface area contributed by atoms with Gasteiger partial charge in [-0.05, 0) is 60.5 Å². The van der Waals surface area contributed by atoms with Crippen LogP contribution in [-0.2, 0) is 4.74 Å². The molecule has 1 fully saturated rings. The van der Waals surface area contributed by atoms with Gasteiger partial charge in [-0.2, -0.15) is 0 Å². The van der Waals surface area contributed by atoms with Crippen LogP contribution in [-0.4, -0.2) is 12.2 Å². The van der Waals surface area contributed by atoms with E-state index in [0.717, 1.165) is 12.8 Å². The van der Waals surface area contributed by atoms with Gasteiger partial charge in [-0.25, -0.2) is 0 Å². The minimum atomic E-state index is 0.270. The fourth-order valence-corrected chi connectivity index (χ4v) is 3.78. The second kappa shape index (κ2) is 6.62. The molecule has 0 unspecified atom stereocenters. The van der Waals surface area contributed by atoms with Crippen LogP contribution in [0.3, 0.4) is 0 Å². The van der Waals surface area contributed by atoms with E-state index in [1.54, 1.807) is 11.1 Å². The molecule has 1 nitrogen and oxygen atoms in total. The van der Waals surface area contributed by atoms with Crippen molar-refractivity contribution >= 4 is 6.08 Å². The predicted molar refractivity (Wildman–Crippen MR) is 89.2 cm³/mol. The summed E-state index contributed by atoms with van der Waals surface area (Å²) in [6, 6.07) is 10.7. The molecule has 3 rings (SSSR count). The zero-order chi connectivity index (χ0) is 14.7. The molecule has 0 spiro atoms. The van der Waals surface area contributed by atoms with Crippen molar-refractivity contribution in [2.24, 2.45) is 0 Å². The molecular formula is C20H26O. The molecule has 0 amide bonds. The van der Waals surface area contributed by atoms with Crippen LogP contribution < -0.4 is 0 Å². The number of ether oxygens (including phenoxy) is 1. The van der Waals surface area contributed by atoms with Crippen molar-refractivity contribution in [2.45, 2.75) is 64.6 Å². The third-order valence-corrected chi connectivity index (χ3v) is 4.81. The molecule has 1 heterocycles. The molecule has 0 N–H and O–H groups in total. The zero-order valence-electron chi connectivity index (χ0n) is 13.3. The highest BCUT2D eigenvalue weighted by molar-refractivity contribution is 5.61. The minimum absolute atomic E-state index is 0.270. The van der Waals surface area contributed by atoms with Gasteiger partial charge in [0.05, 0.1) is 12.2 Å². The van der Waals surface area contributed by atoms with Gasteiger partial charge >= 0.3 is 0 Å². The molecule has 112 valence electrons. The first-order chi connectivity index (χ1) is 10.3. The Morgan fingerprint density at radius 3 is 2.67 bits per heavy atom. The maximum atomic E-state index is 6.43. The van der Waals surface area contributed by atoms with Crippen molar-refractivity contribution in [1.29, 1.82) is 0 Å². The summed E-state index contributed by atoms with van der Waals surface area (Å²) in [5.41, 5.74) is 5.90. The lowest BCUT2D eigenvalue weighted by molar-refractivity contribution is 0.00545. The van der Waals surface area contributed by atoms with E-state index < -0.39 is 0 Å². The fourth-order valence-electron chi connectivity index (χ4n) is 3.78. The molecule has 0 aromatic heterocycles. The standard InChI is InChI=1S/C20H26O/c1-3-16-17-12-8-9-13-20(17)21-19(4-2)18(16)14-15-10-6-5-7-11-15/h5-7,10-11,14,19-20H,3-4,8-9,12-13H2,1-2H3/b18-14+/t19-,20-/m1/s1. The number of hydrogen-bond donors (Lipinski definition) is 0. The summed E-state index contributed by atoms with van der Waals surface area (Å²) in [6.07, 6.45) is 10.3. The molecule has 0 radical (unpaired) electrons. The zero-order valence-corrected chi connectivity index (χ0v) is 13.3. The number of hydrogen-bond acceptors (Lipinski definition) is 1. The number of rotatable bonds is 3. The third-order valence-electron chi connectivity index (χ3n) is 4.81. The quantitative estimate of drug-likeness (QED) is 0.708. The maximum absolute atomic E-state index is 6.43. The molecule has 0 saturated heterocycles. The molecule has 2 aliphatic rings. The molecule has 21 heavy (non-hydrogen) atoms. The van der Waals surface area contributed by atoms with Crippen LogP contribution in [0.1, 0.15) is 57.9 Å². The van der Waals surface area contributed by atoms with Gasteiger partial charge in [-0.1, -0.05) is 50.6 Å². The SMILES string of the molecule is CCC1=C2CCCC[C@H]2O[C@H](CC)/C1=C/c1ccccc1. The molecule has 0 bridgehead atoms. The van der Waals surface area contributed by atoms with E-state index in [-0.39, 0.29) is 6.10 Å². The molecular weight excluding hydrogens is 256 g/mol. The highest BCUT2D eigenvalue weighted by atomic mass is 16.5. The summed E-state index contributed by atoms with van der Waals surface area (Å²) < 4.78 is 6.43. The van der Waals surface area contributed by atoms with Crippen molar-refractivity contribution in [3.05, 3.63) is 52.6 Å². The van der Waals surface area contributed by atoms with E-state index >= 15 is 0 Å². The molecule has 1 aromatic carbocycles. The lowest BCUT2D eigenvalue weighted by atomic mass is 9.80. The van der Waals surface area contributed by atoms with Crippen molar-refractivity contribution in [2.75, 3.05) is 0 Å². The van der Waals surface area contributed by atoms with Crippen LogP contribution in [0, 0.1) is 0 Å². The van der Waals surface area contributed by atoms with Crippen molar-refractivity contribution < 1.29 is 4.74 Å². The molecule has 1 aromatic rings. The minimum Gasteiger partial charge on any atom is -0.366 e. The second-order valence-electron chi connectivity index (χ2n) is 6.14. The second-order valence-corrected chi connectivity index (χ2v) is 6.14. The lowest BCUT2D eigenvalue weighted by Gasteiger charge is -2.38. The van der Waals surface area contributed by atoms with E-state index in [4.69, 9.17) is 4.74 Å². The third kappa shape index (κ3) is 2.98. The molecule has 1 heteroatoms. The average Bonchev–Trinajstić information content (AvgIpc) is 2.55. The molecule has 2 atom stereocenters. The first-order valence-corrected chi connectivity index (χ1v) is 8.47. The van der Waals surface area contributed by atoms with Gasteiger partial charge in [-0.3, -0.25) is 0 Å². The molecule has 1 aliphatic carbocycles. The van der Waals surface area contributed by atoms with E-state index in [9.17, 15) is 0 Å². The Labute approximate surface area is 128 Å². The van der Waals surface area contributed by atoms with Crippen molar-refractivity contribution in [3.63, 3.8) is 0 Å². The Kier molecular flexibility index (Phi) is 4.60. The van der Waals surface area contributed by atoms with Crippen LogP contribution in [0.2, 0.25) is 0 Å². The highest BCUT2D eigenvalue weighted by Crippen LogP contribution is 2.41. The van der Waals surface area contributed by atoms with Gasteiger partial charge in [0.1, 0.15) is 0 Å². The average molecular weight is 282 g/mol. The highest BCUT2D eigenvalue weighted by Gasteiger charge is 2.33. The van der Waals surface area contributed by atoms with Gasteiger partial charge in [0.25, 0.3) is 0 Å². The Balaban J connectivity index is 2.04. The van der Waals surface area contributed by atoms with Crippen molar-refractivity contribution in [1.82, 2.24) is 0 Å². The van der Waals surface area contributed by atoms with Gasteiger partial charge in [0.2, 0.25) is 0 Å². The summed E-state index contributed by atoms with van der Waals surface area (Å²) >= 11 is 0. The Morgan fingerprint density at radius 1 is 1.14 bits per heavy atom. The van der Waals surface area contributed by atoms with Gasteiger partial charge in [0.15, 0.2) is 0 Å². The van der Waals surface area contributed by atoms with Crippen LogP contribution in [0.15, 0.2) is 47.1 Å². The monoisotopic (exact) mass is 282 g/mol. The maximum Gasteiger partial charge on any atom is 0.0833 e. The largest absolute Gasteiger partial charge is 0.366 e. The van der Waals surface area contributed by atoms with E-state index in [0.29, 0.717) is 6.10 Å². The lowest BCUT2D eigenvalue weighted by Crippen LogP contribution is -2.33. The number of fused-ring (bicyclic) bond motifs is 1. The van der Waals surface area contributed by atoms with E-state index in [1.807, 2.05) is 0 Å². The summed E-state index contributed by atoms with van der Waals surface area (Å²) in [4.78, 5) is 0. The summed E-state index contributed by atoms with van der Waals surface area (Å²) in [7, 11) is 0. The Hall–Kier alpha value is -1.34. The number of benzene rings is 1. The first kappa shape index (κ1) is 14.6. The van der Waals surface area contributed by atoms with Crippen LogP contribution in [0.4, 0.5) is 0 Å². The van der Waals surface area contributed by atoms with Crippen LogP contribution >= 0.6 is 0 Å². The topological polar surface area (TPSA) is 9.23 Å². The van der Waals surface area contributed by atoms with Gasteiger partial charge in [0, 0.05) is 0 Å². The summed E-state index contributed by atoms with van der Waals surface area (Å²) in [5, 5.41) is 0. The van der Waals surface area contributed by atoms with Gasteiger partial charge in [-0.15, -0.1) is 0 Å². The molecule has 1 aliphatic heterocycles. The normalized spacial score (nSPS) is 27.8. The van der Waals surface area contributed by atoms with Crippen LogP contribution in [0.5, 0.6) is 0 Å². The smallest absolute Gasteiger partial charge is 0.0833 e. The van der Waals surface area contributed by atoms with E-state index in [2.05, 4.69) is 50.3 Å². The summed E-state index contributed by atoms with van der Waals surface area (Å²) in [6.45, 7) is 4.54.